The van der Waals surface area contributed by atoms with Crippen molar-refractivity contribution in [3.8, 4) is 5.69 Å². The summed E-state index contributed by atoms with van der Waals surface area (Å²) in [7, 11) is 1.56. The first-order chi connectivity index (χ1) is 14.9. The second-order valence-electron chi connectivity index (χ2n) is 6.96. The molecule has 162 valence electrons. The summed E-state index contributed by atoms with van der Waals surface area (Å²) in [5, 5.41) is 7.15. The number of carbonyl (C=O) groups is 1. The highest BCUT2D eigenvalue weighted by atomic mass is 35.5. The lowest BCUT2D eigenvalue weighted by Gasteiger charge is -2.13. The van der Waals surface area contributed by atoms with E-state index in [-0.39, 0.29) is 12.2 Å². The second-order valence-corrected chi connectivity index (χ2v) is 7.37. The number of rotatable bonds is 8. The van der Waals surface area contributed by atoms with Crippen molar-refractivity contribution >= 4 is 17.5 Å². The van der Waals surface area contributed by atoms with Gasteiger partial charge in [-0.2, -0.15) is 9.78 Å². The largest absolute Gasteiger partial charge is 0.385 e. The molecule has 1 heterocycles. The van der Waals surface area contributed by atoms with E-state index < -0.39 is 17.2 Å². The van der Waals surface area contributed by atoms with E-state index in [1.807, 2.05) is 19.1 Å². The maximum Gasteiger partial charge on any atom is 0.352 e. The lowest BCUT2D eigenvalue weighted by Crippen LogP contribution is -2.46. The maximum absolute atomic E-state index is 13.1. The molecular formula is C22H23ClN4O4. The minimum Gasteiger partial charge on any atom is -0.385 e. The van der Waals surface area contributed by atoms with Crippen LogP contribution in [-0.2, 0) is 11.3 Å². The first-order valence-corrected chi connectivity index (χ1v) is 10.1. The molecule has 1 N–H and O–H groups in total. The molecule has 31 heavy (non-hydrogen) atoms. The first kappa shape index (κ1) is 22.5. The fraction of sp³-hybridized carbons (Fsp3) is 0.273. The summed E-state index contributed by atoms with van der Waals surface area (Å²) < 4.78 is 6.99. The minimum atomic E-state index is -0.780. The van der Waals surface area contributed by atoms with Crippen molar-refractivity contribution in [1.82, 2.24) is 19.7 Å². The standard InChI is InChI=1S/C22H23ClN4O4/c1-15-8-10-17(11-9-15)27-22(30)26(14-16-6-3-4-7-18(16)23)21(29)19(25-27)20(28)24-12-5-13-31-2/h3-4,6-11H,5,12-14H2,1-2H3,(H,24,28). The zero-order chi connectivity index (χ0) is 22.4. The molecule has 0 spiro atoms. The van der Waals surface area contributed by atoms with Gasteiger partial charge < -0.3 is 10.1 Å². The molecule has 3 aromatic rings. The summed E-state index contributed by atoms with van der Waals surface area (Å²) in [6.07, 6.45) is 0.577. The SMILES string of the molecule is COCCCNC(=O)c1nn(-c2ccc(C)cc2)c(=O)n(Cc2ccccc2Cl)c1=O. The molecule has 8 nitrogen and oxygen atoms in total. The Morgan fingerprint density at radius 3 is 2.52 bits per heavy atom. The molecule has 2 aromatic carbocycles. The third kappa shape index (κ3) is 5.28. The number of benzene rings is 2. The highest BCUT2D eigenvalue weighted by Crippen LogP contribution is 2.15. The number of ether oxygens (including phenoxy) is 1. The van der Waals surface area contributed by atoms with Crippen molar-refractivity contribution < 1.29 is 9.53 Å². The molecule has 0 aliphatic heterocycles. The zero-order valence-corrected chi connectivity index (χ0v) is 18.1. The van der Waals surface area contributed by atoms with Gasteiger partial charge in [-0.25, -0.2) is 4.79 Å². The number of halogens is 1. The van der Waals surface area contributed by atoms with E-state index in [0.717, 1.165) is 14.8 Å². The highest BCUT2D eigenvalue weighted by Gasteiger charge is 2.20. The number of carbonyl (C=O) groups excluding carboxylic acids is 1. The van der Waals surface area contributed by atoms with Crippen molar-refractivity contribution in [3.05, 3.63) is 91.2 Å². The number of nitrogens with zero attached hydrogens (tertiary/aromatic N) is 3. The number of methoxy groups -OCH3 is 1. The maximum atomic E-state index is 13.1. The summed E-state index contributed by atoms with van der Waals surface area (Å²) in [4.78, 5) is 38.8. The van der Waals surface area contributed by atoms with Gasteiger partial charge >= 0.3 is 5.69 Å². The van der Waals surface area contributed by atoms with Crippen molar-refractivity contribution in [2.75, 3.05) is 20.3 Å². The summed E-state index contributed by atoms with van der Waals surface area (Å²) in [5.41, 5.74) is 0.206. The van der Waals surface area contributed by atoms with Crippen LogP contribution in [-0.4, -0.2) is 40.5 Å². The Morgan fingerprint density at radius 1 is 1.13 bits per heavy atom. The summed E-state index contributed by atoms with van der Waals surface area (Å²) in [5.74, 6) is -0.658. The number of nitrogens with one attached hydrogen (secondary N) is 1. The predicted molar refractivity (Wildman–Crippen MR) is 118 cm³/mol. The van der Waals surface area contributed by atoms with Gasteiger partial charge in [0.1, 0.15) is 0 Å². The number of hydrogen-bond donors (Lipinski definition) is 1. The Hall–Kier alpha value is -3.23. The van der Waals surface area contributed by atoms with Gasteiger partial charge in [0.25, 0.3) is 11.5 Å². The minimum absolute atomic E-state index is 0.0876. The fourth-order valence-electron chi connectivity index (χ4n) is 2.95. The van der Waals surface area contributed by atoms with Gasteiger partial charge in [0, 0.05) is 25.3 Å². The monoisotopic (exact) mass is 442 g/mol. The van der Waals surface area contributed by atoms with Gasteiger partial charge in [-0.1, -0.05) is 47.5 Å². The summed E-state index contributed by atoms with van der Waals surface area (Å²) in [6, 6.07) is 13.9. The third-order valence-corrected chi connectivity index (χ3v) is 5.02. The van der Waals surface area contributed by atoms with E-state index in [0.29, 0.717) is 35.8 Å². The zero-order valence-electron chi connectivity index (χ0n) is 17.3. The van der Waals surface area contributed by atoms with Gasteiger partial charge in [0.05, 0.1) is 12.2 Å². The van der Waals surface area contributed by atoms with Crippen molar-refractivity contribution in [2.24, 2.45) is 0 Å². The van der Waals surface area contributed by atoms with E-state index in [4.69, 9.17) is 16.3 Å². The lowest BCUT2D eigenvalue weighted by atomic mass is 10.2. The second kappa shape index (κ2) is 10.2. The summed E-state index contributed by atoms with van der Waals surface area (Å²) in [6.45, 7) is 2.60. The van der Waals surface area contributed by atoms with Gasteiger partial charge in [-0.05, 0) is 37.1 Å². The van der Waals surface area contributed by atoms with Crippen molar-refractivity contribution in [3.63, 3.8) is 0 Å². The predicted octanol–water partition coefficient (Wildman–Crippen LogP) is 2.17. The molecule has 0 bridgehead atoms. The van der Waals surface area contributed by atoms with Crippen LogP contribution in [0.3, 0.4) is 0 Å². The van der Waals surface area contributed by atoms with E-state index >= 15 is 0 Å². The number of aromatic nitrogens is 3. The van der Waals surface area contributed by atoms with Crippen LogP contribution >= 0.6 is 11.6 Å². The van der Waals surface area contributed by atoms with Gasteiger partial charge in [-0.3, -0.25) is 14.2 Å². The Balaban J connectivity index is 2.10. The van der Waals surface area contributed by atoms with Gasteiger partial charge in [0.15, 0.2) is 0 Å². The van der Waals surface area contributed by atoms with E-state index in [9.17, 15) is 14.4 Å². The highest BCUT2D eigenvalue weighted by molar-refractivity contribution is 6.31. The van der Waals surface area contributed by atoms with Crippen molar-refractivity contribution in [1.29, 1.82) is 0 Å². The molecule has 0 unspecified atom stereocenters. The van der Waals surface area contributed by atoms with Crippen LogP contribution in [0.1, 0.15) is 28.0 Å². The Kier molecular flexibility index (Phi) is 7.38. The topological polar surface area (TPSA) is 95.2 Å². The lowest BCUT2D eigenvalue weighted by molar-refractivity contribution is 0.0938. The molecule has 1 amide bonds. The molecule has 0 saturated heterocycles. The fourth-order valence-corrected chi connectivity index (χ4v) is 3.15. The van der Waals surface area contributed by atoms with E-state index in [2.05, 4.69) is 10.4 Å². The molecule has 3 rings (SSSR count). The average Bonchev–Trinajstić information content (AvgIpc) is 2.76. The third-order valence-electron chi connectivity index (χ3n) is 4.65. The van der Waals surface area contributed by atoms with Crippen LogP contribution < -0.4 is 16.6 Å². The smallest absolute Gasteiger partial charge is 0.352 e. The van der Waals surface area contributed by atoms with Crippen molar-refractivity contribution in [2.45, 2.75) is 19.9 Å². The number of hydrogen-bond acceptors (Lipinski definition) is 5. The quantitative estimate of drug-likeness (QED) is 0.539. The molecular weight excluding hydrogens is 420 g/mol. The Labute approximate surface area is 184 Å². The van der Waals surface area contributed by atoms with Crippen LogP contribution in [0.4, 0.5) is 0 Å². The Bertz CT molecular complexity index is 1190. The van der Waals surface area contributed by atoms with Crippen LogP contribution in [0.2, 0.25) is 5.02 Å². The Morgan fingerprint density at radius 2 is 1.84 bits per heavy atom. The molecule has 0 atom stereocenters. The van der Waals surface area contributed by atoms with E-state index in [1.165, 1.54) is 0 Å². The van der Waals surface area contributed by atoms with Crippen LogP contribution in [0.25, 0.3) is 5.69 Å². The van der Waals surface area contributed by atoms with Crippen LogP contribution in [0.15, 0.2) is 58.1 Å². The molecule has 0 fully saturated rings. The normalized spacial score (nSPS) is 10.8. The molecule has 0 aliphatic carbocycles. The molecule has 0 saturated carbocycles. The van der Waals surface area contributed by atoms with Crippen LogP contribution in [0, 0.1) is 6.92 Å². The summed E-state index contributed by atoms with van der Waals surface area (Å²) >= 11 is 6.22. The molecule has 0 aliphatic rings. The van der Waals surface area contributed by atoms with Gasteiger partial charge in [-0.15, -0.1) is 0 Å². The number of aryl methyl sites for hydroxylation is 1. The molecule has 9 heteroatoms. The van der Waals surface area contributed by atoms with Gasteiger partial charge in [0.2, 0.25) is 5.69 Å². The van der Waals surface area contributed by atoms with E-state index in [1.54, 1.807) is 43.5 Å². The average molecular weight is 443 g/mol. The molecule has 0 radical (unpaired) electrons. The first-order valence-electron chi connectivity index (χ1n) is 9.74. The van der Waals surface area contributed by atoms with Crippen LogP contribution in [0.5, 0.6) is 0 Å². The molecule has 1 aromatic heterocycles. The number of amides is 1.